The Morgan fingerprint density at radius 2 is 2.35 bits per heavy atom. The van der Waals surface area contributed by atoms with Gasteiger partial charge in [-0.15, -0.1) is 5.10 Å². The second-order valence-electron chi connectivity index (χ2n) is 3.44. The molecule has 0 aliphatic carbocycles. The van der Waals surface area contributed by atoms with Crippen LogP contribution in [0.4, 0.5) is 5.69 Å². The van der Waals surface area contributed by atoms with Crippen molar-refractivity contribution in [1.82, 2.24) is 20.0 Å². The van der Waals surface area contributed by atoms with Crippen LogP contribution in [0.25, 0.3) is 0 Å². The number of amides is 1. The van der Waals surface area contributed by atoms with Crippen molar-refractivity contribution in [1.29, 1.82) is 0 Å². The van der Waals surface area contributed by atoms with Crippen molar-refractivity contribution in [3.05, 3.63) is 35.4 Å². The molecule has 88 valence electrons. The Kier molecular flexibility index (Phi) is 3.34. The molecule has 0 saturated carbocycles. The Morgan fingerprint density at radius 1 is 1.53 bits per heavy atom. The van der Waals surface area contributed by atoms with Crippen molar-refractivity contribution in [3.8, 4) is 0 Å². The zero-order valence-corrected chi connectivity index (χ0v) is 9.85. The van der Waals surface area contributed by atoms with Gasteiger partial charge in [0, 0.05) is 12.4 Å². The molecule has 17 heavy (non-hydrogen) atoms. The van der Waals surface area contributed by atoms with E-state index in [0.29, 0.717) is 5.69 Å². The molecule has 0 bridgehead atoms. The van der Waals surface area contributed by atoms with E-state index in [2.05, 4.69) is 20.6 Å². The van der Waals surface area contributed by atoms with Crippen LogP contribution in [0.5, 0.6) is 0 Å². The fourth-order valence-electron chi connectivity index (χ4n) is 1.32. The topological polar surface area (TPSA) is 72.7 Å². The van der Waals surface area contributed by atoms with Gasteiger partial charge in [-0.05, 0) is 18.6 Å². The molecule has 2 aromatic heterocycles. The summed E-state index contributed by atoms with van der Waals surface area (Å²) in [6, 6.07) is 1.77. The number of hydrogen-bond donors (Lipinski definition) is 1. The minimum absolute atomic E-state index is 0.0880. The highest BCUT2D eigenvalue weighted by atomic mass is 35.5. The Hall–Kier alpha value is -1.95. The smallest absolute Gasteiger partial charge is 0.246 e. The van der Waals surface area contributed by atoms with Gasteiger partial charge in [0.15, 0.2) is 5.15 Å². The highest BCUT2D eigenvalue weighted by Crippen LogP contribution is 2.22. The molecule has 0 atom stereocenters. The molecule has 0 saturated heterocycles. The Labute approximate surface area is 103 Å². The third-order valence-corrected chi connectivity index (χ3v) is 2.44. The van der Waals surface area contributed by atoms with Crippen LogP contribution in [-0.2, 0) is 11.3 Å². The Bertz CT molecular complexity index is 505. The van der Waals surface area contributed by atoms with Crippen LogP contribution < -0.4 is 5.32 Å². The predicted molar refractivity (Wildman–Crippen MR) is 62.6 cm³/mol. The van der Waals surface area contributed by atoms with E-state index in [0.717, 1.165) is 5.56 Å². The first kappa shape index (κ1) is 11.5. The summed E-state index contributed by atoms with van der Waals surface area (Å²) in [7, 11) is 0. The zero-order valence-electron chi connectivity index (χ0n) is 9.09. The molecule has 0 unspecified atom stereocenters. The van der Waals surface area contributed by atoms with Crippen molar-refractivity contribution < 1.29 is 4.79 Å². The van der Waals surface area contributed by atoms with Crippen molar-refractivity contribution in [2.75, 3.05) is 5.32 Å². The van der Waals surface area contributed by atoms with Crippen molar-refractivity contribution >= 4 is 23.2 Å². The van der Waals surface area contributed by atoms with Gasteiger partial charge in [0.25, 0.3) is 0 Å². The van der Waals surface area contributed by atoms with E-state index in [-0.39, 0.29) is 17.6 Å². The molecular formula is C10H10ClN5O. The molecule has 6 nitrogen and oxygen atoms in total. The number of nitrogens with one attached hydrogen (secondary N) is 1. The fourth-order valence-corrected chi connectivity index (χ4v) is 1.57. The Morgan fingerprint density at radius 3 is 3.00 bits per heavy atom. The summed E-state index contributed by atoms with van der Waals surface area (Å²) in [6.07, 6.45) is 4.71. The lowest BCUT2D eigenvalue weighted by molar-refractivity contribution is -0.116. The van der Waals surface area contributed by atoms with Crippen LogP contribution in [0.3, 0.4) is 0 Å². The van der Waals surface area contributed by atoms with Crippen LogP contribution in [0.1, 0.15) is 5.56 Å². The van der Waals surface area contributed by atoms with Gasteiger partial charge in [-0.1, -0.05) is 16.8 Å². The predicted octanol–water partition coefficient (Wildman–Crippen LogP) is 1.27. The fraction of sp³-hybridized carbons (Fsp3) is 0.200. The van der Waals surface area contributed by atoms with Crippen LogP contribution in [-0.4, -0.2) is 25.9 Å². The van der Waals surface area contributed by atoms with E-state index < -0.39 is 0 Å². The summed E-state index contributed by atoms with van der Waals surface area (Å²) >= 11 is 5.89. The number of halogens is 1. The first-order valence-corrected chi connectivity index (χ1v) is 5.29. The van der Waals surface area contributed by atoms with E-state index in [1.54, 1.807) is 18.5 Å². The lowest BCUT2D eigenvalue weighted by atomic mass is 10.2. The van der Waals surface area contributed by atoms with Gasteiger partial charge in [-0.25, -0.2) is 9.67 Å². The molecule has 0 radical (unpaired) electrons. The molecule has 0 aliphatic rings. The quantitative estimate of drug-likeness (QED) is 0.834. The minimum atomic E-state index is -0.228. The van der Waals surface area contributed by atoms with Crippen LogP contribution in [0.2, 0.25) is 5.15 Å². The minimum Gasteiger partial charge on any atom is -0.322 e. The standard InChI is InChI=1S/C10H10ClN5O/c1-7-2-3-12-10(11)9(7)14-8(17)6-16-5-4-13-15-16/h2-5H,6H2,1H3,(H,14,17). The van der Waals surface area contributed by atoms with E-state index in [1.165, 1.54) is 10.9 Å². The van der Waals surface area contributed by atoms with Crippen molar-refractivity contribution in [2.24, 2.45) is 0 Å². The van der Waals surface area contributed by atoms with Gasteiger partial charge in [0.2, 0.25) is 5.91 Å². The number of rotatable bonds is 3. The SMILES string of the molecule is Cc1ccnc(Cl)c1NC(=O)Cn1ccnn1. The Balaban J connectivity index is 2.08. The van der Waals surface area contributed by atoms with Crippen molar-refractivity contribution in [3.63, 3.8) is 0 Å². The number of anilines is 1. The van der Waals surface area contributed by atoms with Gasteiger partial charge in [0.1, 0.15) is 6.54 Å². The molecule has 1 amide bonds. The van der Waals surface area contributed by atoms with E-state index in [4.69, 9.17) is 11.6 Å². The first-order valence-electron chi connectivity index (χ1n) is 4.92. The summed E-state index contributed by atoms with van der Waals surface area (Å²) in [5.74, 6) is -0.228. The zero-order chi connectivity index (χ0) is 12.3. The van der Waals surface area contributed by atoms with Crippen LogP contribution >= 0.6 is 11.6 Å². The maximum atomic E-state index is 11.7. The molecule has 2 rings (SSSR count). The van der Waals surface area contributed by atoms with Crippen molar-refractivity contribution in [2.45, 2.75) is 13.5 Å². The van der Waals surface area contributed by atoms with Crippen LogP contribution in [0.15, 0.2) is 24.7 Å². The average Bonchev–Trinajstić information content (AvgIpc) is 2.76. The van der Waals surface area contributed by atoms with Crippen LogP contribution in [0, 0.1) is 6.92 Å². The van der Waals surface area contributed by atoms with E-state index >= 15 is 0 Å². The second-order valence-corrected chi connectivity index (χ2v) is 3.80. The van der Waals surface area contributed by atoms with E-state index in [1.807, 2.05) is 6.92 Å². The van der Waals surface area contributed by atoms with Gasteiger partial charge < -0.3 is 5.32 Å². The molecule has 0 aliphatic heterocycles. The molecule has 0 aromatic carbocycles. The lowest BCUT2D eigenvalue weighted by Crippen LogP contribution is -2.20. The number of pyridine rings is 1. The number of carbonyl (C=O) groups excluding carboxylic acids is 1. The van der Waals surface area contributed by atoms with Gasteiger partial charge in [-0.2, -0.15) is 0 Å². The first-order chi connectivity index (χ1) is 8.16. The molecule has 0 spiro atoms. The third kappa shape index (κ3) is 2.79. The molecule has 2 heterocycles. The van der Waals surface area contributed by atoms with Gasteiger partial charge in [-0.3, -0.25) is 4.79 Å². The largest absolute Gasteiger partial charge is 0.322 e. The number of nitrogens with zero attached hydrogens (tertiary/aromatic N) is 4. The normalized spacial score (nSPS) is 10.2. The number of aromatic nitrogens is 4. The van der Waals surface area contributed by atoms with E-state index in [9.17, 15) is 4.79 Å². The number of hydrogen-bond acceptors (Lipinski definition) is 4. The highest BCUT2D eigenvalue weighted by Gasteiger charge is 2.09. The number of carbonyl (C=O) groups is 1. The molecule has 7 heteroatoms. The molecular weight excluding hydrogens is 242 g/mol. The molecule has 0 fully saturated rings. The second kappa shape index (κ2) is 4.92. The number of aryl methyl sites for hydroxylation is 1. The summed E-state index contributed by atoms with van der Waals surface area (Å²) in [6.45, 7) is 1.93. The maximum Gasteiger partial charge on any atom is 0.246 e. The van der Waals surface area contributed by atoms with Gasteiger partial charge >= 0.3 is 0 Å². The summed E-state index contributed by atoms with van der Waals surface area (Å²) in [4.78, 5) is 15.6. The average molecular weight is 252 g/mol. The summed E-state index contributed by atoms with van der Waals surface area (Å²) in [5.41, 5.74) is 1.39. The highest BCUT2D eigenvalue weighted by molar-refractivity contribution is 6.32. The van der Waals surface area contributed by atoms with Gasteiger partial charge in [0.05, 0.1) is 11.9 Å². The maximum absolute atomic E-state index is 11.7. The monoisotopic (exact) mass is 251 g/mol. The molecule has 1 N–H and O–H groups in total. The lowest BCUT2D eigenvalue weighted by Gasteiger charge is -2.09. The summed E-state index contributed by atoms with van der Waals surface area (Å²) < 4.78 is 1.43. The summed E-state index contributed by atoms with van der Waals surface area (Å²) in [5, 5.41) is 10.3. The third-order valence-electron chi connectivity index (χ3n) is 2.16. The molecule has 2 aromatic rings.